The third-order valence-electron chi connectivity index (χ3n) is 1.99. The van der Waals surface area contributed by atoms with Crippen molar-refractivity contribution < 1.29 is 0 Å². The molecule has 0 rings (SSSR count). The van der Waals surface area contributed by atoms with Crippen LogP contribution in [-0.2, 0) is 0 Å². The summed E-state index contributed by atoms with van der Waals surface area (Å²) < 4.78 is 0. The van der Waals surface area contributed by atoms with E-state index in [1.54, 1.807) is 0 Å². The Morgan fingerprint density at radius 3 is 2.55 bits per heavy atom. The molecule has 1 nitrogen and oxygen atoms in total. The minimum Gasteiger partial charge on any atom is -0.383 e. The summed E-state index contributed by atoms with van der Waals surface area (Å²) in [7, 11) is 0. The molecule has 0 spiro atoms. The second-order valence-corrected chi connectivity index (χ2v) is 2.86. The molecule has 11 heavy (non-hydrogen) atoms. The maximum absolute atomic E-state index is 3.89. The number of nitrogens with one attached hydrogen (secondary N) is 1. The van der Waals surface area contributed by atoms with Gasteiger partial charge >= 0.3 is 0 Å². The SMILES string of the molecule is C=C(CC)N[C@@H](C)/C(C)=C/C. The van der Waals surface area contributed by atoms with Crippen molar-refractivity contribution in [2.75, 3.05) is 0 Å². The molecule has 0 saturated carbocycles. The second kappa shape index (κ2) is 5.00. The van der Waals surface area contributed by atoms with Crippen LogP contribution >= 0.6 is 0 Å². The topological polar surface area (TPSA) is 12.0 Å². The van der Waals surface area contributed by atoms with Crippen LogP contribution in [0.1, 0.15) is 34.1 Å². The number of rotatable bonds is 4. The highest BCUT2D eigenvalue weighted by molar-refractivity contribution is 5.08. The minimum absolute atomic E-state index is 0.424. The second-order valence-electron chi connectivity index (χ2n) is 2.86. The first-order chi connectivity index (χ1) is 5.11. The average Bonchev–Trinajstić information content (AvgIpc) is 2.02. The summed E-state index contributed by atoms with van der Waals surface area (Å²) in [6.07, 6.45) is 3.13. The Morgan fingerprint density at radius 1 is 1.64 bits per heavy atom. The quantitative estimate of drug-likeness (QED) is 0.612. The van der Waals surface area contributed by atoms with Gasteiger partial charge in [-0.15, -0.1) is 0 Å². The maximum Gasteiger partial charge on any atom is 0.0439 e. The van der Waals surface area contributed by atoms with Crippen LogP contribution in [0.3, 0.4) is 0 Å². The van der Waals surface area contributed by atoms with E-state index in [2.05, 4.69) is 45.7 Å². The molecular formula is C10H19N. The monoisotopic (exact) mass is 153 g/mol. The molecule has 0 unspecified atom stereocenters. The molecule has 0 aliphatic carbocycles. The van der Waals surface area contributed by atoms with Gasteiger partial charge in [-0.05, 0) is 27.2 Å². The summed E-state index contributed by atoms with van der Waals surface area (Å²) >= 11 is 0. The fraction of sp³-hybridized carbons (Fsp3) is 0.600. The molecule has 0 aliphatic heterocycles. The third-order valence-corrected chi connectivity index (χ3v) is 1.99. The van der Waals surface area contributed by atoms with Crippen LogP contribution in [0.2, 0.25) is 0 Å². The first kappa shape index (κ1) is 10.3. The summed E-state index contributed by atoms with van der Waals surface area (Å²) in [5.74, 6) is 0. The Morgan fingerprint density at radius 2 is 2.18 bits per heavy atom. The summed E-state index contributed by atoms with van der Waals surface area (Å²) in [6, 6.07) is 0.424. The van der Waals surface area contributed by atoms with Crippen molar-refractivity contribution in [2.24, 2.45) is 0 Å². The molecule has 1 atom stereocenters. The van der Waals surface area contributed by atoms with Gasteiger partial charge in [0, 0.05) is 11.7 Å². The molecule has 64 valence electrons. The largest absolute Gasteiger partial charge is 0.383 e. The van der Waals surface area contributed by atoms with E-state index < -0.39 is 0 Å². The highest BCUT2D eigenvalue weighted by Gasteiger charge is 2.01. The van der Waals surface area contributed by atoms with E-state index in [1.807, 2.05) is 0 Å². The number of hydrogen-bond acceptors (Lipinski definition) is 1. The van der Waals surface area contributed by atoms with Crippen molar-refractivity contribution >= 4 is 0 Å². The lowest BCUT2D eigenvalue weighted by Crippen LogP contribution is -2.25. The summed E-state index contributed by atoms with van der Waals surface area (Å²) in [4.78, 5) is 0. The normalized spacial score (nSPS) is 14.4. The molecule has 1 N–H and O–H groups in total. The van der Waals surface area contributed by atoms with Crippen molar-refractivity contribution in [3.8, 4) is 0 Å². The molecule has 0 aromatic heterocycles. The average molecular weight is 153 g/mol. The Hall–Kier alpha value is -0.720. The van der Waals surface area contributed by atoms with Crippen molar-refractivity contribution in [3.63, 3.8) is 0 Å². The molecular weight excluding hydrogens is 134 g/mol. The van der Waals surface area contributed by atoms with Gasteiger partial charge < -0.3 is 5.32 Å². The zero-order valence-electron chi connectivity index (χ0n) is 8.07. The van der Waals surface area contributed by atoms with Crippen LogP contribution in [0.4, 0.5) is 0 Å². The summed E-state index contributed by atoms with van der Waals surface area (Å²) in [6.45, 7) is 12.3. The Labute approximate surface area is 70.2 Å². The molecule has 1 heteroatoms. The van der Waals surface area contributed by atoms with Crippen LogP contribution in [0, 0.1) is 0 Å². The molecule has 0 aromatic carbocycles. The van der Waals surface area contributed by atoms with E-state index in [0.717, 1.165) is 12.1 Å². The molecule has 0 aromatic rings. The summed E-state index contributed by atoms with van der Waals surface area (Å²) in [5, 5.41) is 3.32. The number of hydrogen-bond donors (Lipinski definition) is 1. The van der Waals surface area contributed by atoms with Crippen molar-refractivity contribution in [1.29, 1.82) is 0 Å². The molecule has 0 radical (unpaired) electrons. The molecule has 0 aliphatic rings. The predicted octanol–water partition coefficient (Wildman–Crippen LogP) is 2.85. The van der Waals surface area contributed by atoms with Crippen LogP contribution in [0.25, 0.3) is 0 Å². The fourth-order valence-electron chi connectivity index (χ4n) is 0.772. The molecule has 0 amide bonds. The van der Waals surface area contributed by atoms with Gasteiger partial charge in [0.25, 0.3) is 0 Å². The van der Waals surface area contributed by atoms with E-state index in [0.29, 0.717) is 6.04 Å². The van der Waals surface area contributed by atoms with E-state index in [9.17, 15) is 0 Å². The Bertz CT molecular complexity index is 156. The molecule has 0 heterocycles. The van der Waals surface area contributed by atoms with Gasteiger partial charge in [0.2, 0.25) is 0 Å². The Balaban J connectivity index is 3.87. The highest BCUT2D eigenvalue weighted by atomic mass is 14.9. The zero-order chi connectivity index (χ0) is 8.85. The lowest BCUT2D eigenvalue weighted by Gasteiger charge is -2.16. The fourth-order valence-corrected chi connectivity index (χ4v) is 0.772. The lowest BCUT2D eigenvalue weighted by atomic mass is 10.1. The van der Waals surface area contributed by atoms with Crippen LogP contribution in [-0.4, -0.2) is 6.04 Å². The van der Waals surface area contributed by atoms with Gasteiger partial charge in [0.15, 0.2) is 0 Å². The lowest BCUT2D eigenvalue weighted by molar-refractivity contribution is 0.674. The Kier molecular flexibility index (Phi) is 4.67. The van der Waals surface area contributed by atoms with Crippen LogP contribution in [0.15, 0.2) is 23.9 Å². The van der Waals surface area contributed by atoms with Gasteiger partial charge in [-0.1, -0.05) is 25.2 Å². The highest BCUT2D eigenvalue weighted by Crippen LogP contribution is 2.03. The maximum atomic E-state index is 3.89. The van der Waals surface area contributed by atoms with Crippen molar-refractivity contribution in [2.45, 2.75) is 40.2 Å². The van der Waals surface area contributed by atoms with Gasteiger partial charge in [0.05, 0.1) is 0 Å². The van der Waals surface area contributed by atoms with Crippen molar-refractivity contribution in [1.82, 2.24) is 5.32 Å². The zero-order valence-corrected chi connectivity index (χ0v) is 8.07. The van der Waals surface area contributed by atoms with Gasteiger partial charge in [-0.3, -0.25) is 0 Å². The molecule has 0 bridgehead atoms. The van der Waals surface area contributed by atoms with E-state index in [1.165, 1.54) is 5.57 Å². The first-order valence-electron chi connectivity index (χ1n) is 4.18. The van der Waals surface area contributed by atoms with E-state index in [-0.39, 0.29) is 0 Å². The standard InChI is InChI=1S/C10H19N/c1-6-8(3)10(5)11-9(4)7-2/h6,10-11H,4,7H2,1-3,5H3/b8-6+/t10-/m0/s1. The first-order valence-corrected chi connectivity index (χ1v) is 4.18. The third kappa shape index (κ3) is 3.87. The van der Waals surface area contributed by atoms with Gasteiger partial charge in [0.1, 0.15) is 0 Å². The molecule has 0 saturated heterocycles. The van der Waals surface area contributed by atoms with E-state index in [4.69, 9.17) is 0 Å². The predicted molar refractivity (Wildman–Crippen MR) is 51.5 cm³/mol. The number of allylic oxidation sites excluding steroid dienone is 2. The van der Waals surface area contributed by atoms with Crippen molar-refractivity contribution in [3.05, 3.63) is 23.9 Å². The van der Waals surface area contributed by atoms with E-state index >= 15 is 0 Å². The van der Waals surface area contributed by atoms with Gasteiger partial charge in [-0.25, -0.2) is 0 Å². The minimum atomic E-state index is 0.424. The smallest absolute Gasteiger partial charge is 0.0439 e. The summed E-state index contributed by atoms with van der Waals surface area (Å²) in [5.41, 5.74) is 2.47. The molecule has 0 fully saturated rings. The van der Waals surface area contributed by atoms with Crippen LogP contribution in [0.5, 0.6) is 0 Å². The van der Waals surface area contributed by atoms with Gasteiger partial charge in [-0.2, -0.15) is 0 Å². The van der Waals surface area contributed by atoms with Crippen LogP contribution < -0.4 is 5.32 Å².